The van der Waals surface area contributed by atoms with Gasteiger partial charge < -0.3 is 10.1 Å². The molecule has 1 aliphatic carbocycles. The lowest BCUT2D eigenvalue weighted by atomic mass is 10.0. The molecule has 2 fully saturated rings. The van der Waals surface area contributed by atoms with E-state index < -0.39 is 0 Å². The molecule has 3 nitrogen and oxygen atoms in total. The summed E-state index contributed by atoms with van der Waals surface area (Å²) in [7, 11) is 0. The topological polar surface area (TPSA) is 24.5 Å². The molecule has 0 aromatic heterocycles. The first kappa shape index (κ1) is 13.3. The molecule has 0 spiro atoms. The Kier molecular flexibility index (Phi) is 5.75. The van der Waals surface area contributed by atoms with Crippen molar-refractivity contribution in [2.75, 3.05) is 39.4 Å². The molecule has 2 atom stereocenters. The van der Waals surface area contributed by atoms with E-state index in [0.717, 1.165) is 38.3 Å². The average Bonchev–Trinajstić information content (AvgIpc) is 2.83. The lowest BCUT2D eigenvalue weighted by molar-refractivity contribution is 0.0373. The highest BCUT2D eigenvalue weighted by molar-refractivity contribution is 4.82. The van der Waals surface area contributed by atoms with Gasteiger partial charge in [-0.15, -0.1) is 0 Å². The van der Waals surface area contributed by atoms with Crippen molar-refractivity contribution in [3.8, 4) is 0 Å². The highest BCUT2D eigenvalue weighted by Gasteiger charge is 2.24. The van der Waals surface area contributed by atoms with Crippen molar-refractivity contribution in [1.29, 1.82) is 0 Å². The summed E-state index contributed by atoms with van der Waals surface area (Å²) < 4.78 is 5.36. The van der Waals surface area contributed by atoms with Crippen LogP contribution in [0.1, 0.15) is 39.0 Å². The van der Waals surface area contributed by atoms with Crippen molar-refractivity contribution in [2.45, 2.75) is 45.1 Å². The normalized spacial score (nSPS) is 30.9. The number of nitrogens with one attached hydrogen (secondary N) is 1. The Balaban J connectivity index is 1.53. The third-order valence-corrected chi connectivity index (χ3v) is 4.34. The Morgan fingerprint density at radius 1 is 1.24 bits per heavy atom. The first-order valence-corrected chi connectivity index (χ1v) is 7.43. The summed E-state index contributed by atoms with van der Waals surface area (Å²) in [5, 5.41) is 3.76. The Labute approximate surface area is 106 Å². The zero-order valence-corrected chi connectivity index (χ0v) is 11.3. The molecule has 0 amide bonds. The molecule has 3 heteroatoms. The Hall–Kier alpha value is -0.120. The lowest BCUT2D eigenvalue weighted by Crippen LogP contribution is -2.39. The predicted molar refractivity (Wildman–Crippen MR) is 71.3 cm³/mol. The van der Waals surface area contributed by atoms with Crippen LogP contribution < -0.4 is 5.32 Å². The van der Waals surface area contributed by atoms with Crippen LogP contribution in [0.15, 0.2) is 0 Å². The number of morpholine rings is 1. The van der Waals surface area contributed by atoms with E-state index in [1.165, 1.54) is 45.2 Å². The van der Waals surface area contributed by atoms with Gasteiger partial charge in [-0.2, -0.15) is 0 Å². The highest BCUT2D eigenvalue weighted by Crippen LogP contribution is 2.27. The fraction of sp³-hybridized carbons (Fsp3) is 1.00. The number of rotatable bonds is 6. The zero-order chi connectivity index (χ0) is 11.9. The summed E-state index contributed by atoms with van der Waals surface area (Å²) in [4.78, 5) is 2.52. The quantitative estimate of drug-likeness (QED) is 0.717. The van der Waals surface area contributed by atoms with E-state index in [9.17, 15) is 0 Å². The minimum Gasteiger partial charge on any atom is -0.379 e. The molecular formula is C14H28N2O. The molecule has 2 aliphatic rings. The molecule has 1 saturated carbocycles. The molecular weight excluding hydrogens is 212 g/mol. The summed E-state index contributed by atoms with van der Waals surface area (Å²) >= 11 is 0. The van der Waals surface area contributed by atoms with E-state index in [4.69, 9.17) is 4.74 Å². The fourth-order valence-electron chi connectivity index (χ4n) is 3.21. The van der Waals surface area contributed by atoms with Crippen molar-refractivity contribution >= 4 is 0 Å². The van der Waals surface area contributed by atoms with Crippen LogP contribution in [0.4, 0.5) is 0 Å². The van der Waals surface area contributed by atoms with Crippen molar-refractivity contribution in [1.82, 2.24) is 10.2 Å². The van der Waals surface area contributed by atoms with Crippen LogP contribution in [-0.4, -0.2) is 50.3 Å². The summed E-state index contributed by atoms with van der Waals surface area (Å²) in [5.41, 5.74) is 0. The molecule has 1 aliphatic heterocycles. The molecule has 1 saturated heterocycles. The number of hydrogen-bond donors (Lipinski definition) is 1. The largest absolute Gasteiger partial charge is 0.379 e. The highest BCUT2D eigenvalue weighted by atomic mass is 16.5. The third-order valence-electron chi connectivity index (χ3n) is 4.34. The monoisotopic (exact) mass is 240 g/mol. The van der Waals surface area contributed by atoms with Crippen molar-refractivity contribution in [3.05, 3.63) is 0 Å². The first-order valence-electron chi connectivity index (χ1n) is 7.43. The van der Waals surface area contributed by atoms with Crippen LogP contribution >= 0.6 is 0 Å². The molecule has 0 bridgehead atoms. The van der Waals surface area contributed by atoms with Crippen LogP contribution in [0, 0.1) is 5.92 Å². The molecule has 1 N–H and O–H groups in total. The van der Waals surface area contributed by atoms with E-state index in [0.29, 0.717) is 0 Å². The minimum atomic E-state index is 0.810. The molecule has 2 unspecified atom stereocenters. The molecule has 17 heavy (non-hydrogen) atoms. The van der Waals surface area contributed by atoms with Gasteiger partial charge in [-0.1, -0.05) is 19.8 Å². The van der Waals surface area contributed by atoms with Gasteiger partial charge in [-0.05, 0) is 38.3 Å². The number of hydrogen-bond acceptors (Lipinski definition) is 3. The first-order chi connectivity index (χ1) is 8.40. The summed E-state index contributed by atoms with van der Waals surface area (Å²) in [6.07, 6.45) is 6.90. The Morgan fingerprint density at radius 2 is 2.06 bits per heavy atom. The maximum absolute atomic E-state index is 5.36. The molecule has 0 aromatic rings. The average molecular weight is 240 g/mol. The molecule has 1 heterocycles. The Bertz CT molecular complexity index is 204. The maximum atomic E-state index is 5.36. The second-order valence-electron chi connectivity index (χ2n) is 5.47. The summed E-state index contributed by atoms with van der Waals surface area (Å²) in [6.45, 7) is 8.86. The van der Waals surface area contributed by atoms with Gasteiger partial charge in [0.15, 0.2) is 0 Å². The van der Waals surface area contributed by atoms with Gasteiger partial charge in [0.2, 0.25) is 0 Å². The van der Waals surface area contributed by atoms with Crippen molar-refractivity contribution in [2.24, 2.45) is 5.92 Å². The van der Waals surface area contributed by atoms with E-state index in [1.807, 2.05) is 0 Å². The van der Waals surface area contributed by atoms with Gasteiger partial charge >= 0.3 is 0 Å². The van der Waals surface area contributed by atoms with E-state index in [2.05, 4.69) is 17.1 Å². The molecule has 0 radical (unpaired) electrons. The standard InChI is InChI=1S/C14H28N2O/c1-2-13-5-3-6-14(13)15-7-4-8-16-9-11-17-12-10-16/h13-15H,2-12H2,1H3. The van der Waals surface area contributed by atoms with Crippen molar-refractivity contribution < 1.29 is 4.74 Å². The summed E-state index contributed by atoms with van der Waals surface area (Å²) in [6, 6.07) is 0.810. The second kappa shape index (κ2) is 7.34. The van der Waals surface area contributed by atoms with Crippen LogP contribution in [0.2, 0.25) is 0 Å². The van der Waals surface area contributed by atoms with Crippen LogP contribution in [0.25, 0.3) is 0 Å². The van der Waals surface area contributed by atoms with Gasteiger partial charge in [0.25, 0.3) is 0 Å². The van der Waals surface area contributed by atoms with Crippen LogP contribution in [0.5, 0.6) is 0 Å². The molecule has 2 rings (SSSR count). The maximum Gasteiger partial charge on any atom is 0.0594 e. The number of nitrogens with zero attached hydrogens (tertiary/aromatic N) is 1. The van der Waals surface area contributed by atoms with Gasteiger partial charge in [0.05, 0.1) is 13.2 Å². The van der Waals surface area contributed by atoms with Crippen molar-refractivity contribution in [3.63, 3.8) is 0 Å². The second-order valence-corrected chi connectivity index (χ2v) is 5.47. The number of ether oxygens (including phenoxy) is 1. The van der Waals surface area contributed by atoms with E-state index >= 15 is 0 Å². The fourth-order valence-corrected chi connectivity index (χ4v) is 3.21. The van der Waals surface area contributed by atoms with Gasteiger partial charge in [-0.3, -0.25) is 4.90 Å². The minimum absolute atomic E-state index is 0.810. The zero-order valence-electron chi connectivity index (χ0n) is 11.3. The Morgan fingerprint density at radius 3 is 2.82 bits per heavy atom. The molecule has 0 aromatic carbocycles. The van der Waals surface area contributed by atoms with E-state index in [-0.39, 0.29) is 0 Å². The van der Waals surface area contributed by atoms with Crippen LogP contribution in [0.3, 0.4) is 0 Å². The smallest absolute Gasteiger partial charge is 0.0594 e. The predicted octanol–water partition coefficient (Wildman–Crippen LogP) is 1.88. The van der Waals surface area contributed by atoms with Gasteiger partial charge in [0.1, 0.15) is 0 Å². The van der Waals surface area contributed by atoms with Gasteiger partial charge in [-0.25, -0.2) is 0 Å². The van der Waals surface area contributed by atoms with Crippen LogP contribution in [-0.2, 0) is 4.74 Å². The SMILES string of the molecule is CCC1CCCC1NCCCN1CCOCC1. The molecule has 100 valence electrons. The third kappa shape index (κ3) is 4.23. The lowest BCUT2D eigenvalue weighted by Gasteiger charge is -2.27. The van der Waals surface area contributed by atoms with Gasteiger partial charge in [0, 0.05) is 19.1 Å². The summed E-state index contributed by atoms with van der Waals surface area (Å²) in [5.74, 6) is 0.943. The van der Waals surface area contributed by atoms with E-state index in [1.54, 1.807) is 0 Å².